The molecule has 7 nitrogen and oxygen atoms in total. The van der Waals surface area contributed by atoms with Gasteiger partial charge in [-0.1, -0.05) is 42.4 Å². The van der Waals surface area contributed by atoms with Crippen molar-refractivity contribution < 1.29 is 4.52 Å². The Bertz CT molecular complexity index is 793. The zero-order valence-corrected chi connectivity index (χ0v) is 18.9. The van der Waals surface area contributed by atoms with E-state index in [4.69, 9.17) is 4.52 Å². The van der Waals surface area contributed by atoms with Crippen LogP contribution < -0.4 is 5.32 Å². The summed E-state index contributed by atoms with van der Waals surface area (Å²) in [7, 11) is 1.89. The molecule has 3 heterocycles. The van der Waals surface area contributed by atoms with Crippen LogP contribution in [0.2, 0.25) is 0 Å². The van der Waals surface area contributed by atoms with Crippen LogP contribution in [0.25, 0.3) is 0 Å². The number of benzene rings is 1. The fraction of sp³-hybridized carbons (Fsp3) is 0.583. The van der Waals surface area contributed by atoms with Crippen LogP contribution in [0, 0.1) is 5.92 Å². The summed E-state index contributed by atoms with van der Waals surface area (Å²) in [5.74, 6) is 1.84. The molecule has 168 valence electrons. The van der Waals surface area contributed by atoms with Crippen molar-refractivity contribution in [3.63, 3.8) is 0 Å². The summed E-state index contributed by atoms with van der Waals surface area (Å²) >= 11 is 0. The van der Waals surface area contributed by atoms with Gasteiger partial charge in [0.2, 0.25) is 0 Å². The zero-order valence-electron chi connectivity index (χ0n) is 18.9. The number of hydrogen-bond donors (Lipinski definition) is 1. The van der Waals surface area contributed by atoms with E-state index in [-0.39, 0.29) is 0 Å². The third kappa shape index (κ3) is 5.86. The van der Waals surface area contributed by atoms with E-state index in [0.717, 1.165) is 56.8 Å². The number of rotatable bonds is 6. The van der Waals surface area contributed by atoms with Gasteiger partial charge in [0.1, 0.15) is 6.26 Å². The number of piperazine rings is 1. The summed E-state index contributed by atoms with van der Waals surface area (Å²) in [6.07, 6.45) is 4.21. The van der Waals surface area contributed by atoms with Crippen LogP contribution in [0.1, 0.15) is 37.1 Å². The molecular weight excluding hydrogens is 388 g/mol. The molecule has 1 aromatic carbocycles. The van der Waals surface area contributed by atoms with E-state index in [0.29, 0.717) is 6.04 Å². The van der Waals surface area contributed by atoms with Crippen LogP contribution in [0.5, 0.6) is 0 Å². The number of piperidine rings is 1. The molecule has 4 rings (SSSR count). The number of nitrogens with zero attached hydrogens (tertiary/aromatic N) is 5. The second-order valence-corrected chi connectivity index (χ2v) is 8.83. The van der Waals surface area contributed by atoms with E-state index in [1.807, 2.05) is 13.1 Å². The Morgan fingerprint density at radius 3 is 2.48 bits per heavy atom. The molecule has 31 heavy (non-hydrogen) atoms. The number of aliphatic imine (C=N–C) groups is 1. The molecule has 1 atom stereocenters. The van der Waals surface area contributed by atoms with E-state index in [9.17, 15) is 0 Å². The van der Waals surface area contributed by atoms with Crippen LogP contribution in [-0.4, -0.2) is 78.7 Å². The van der Waals surface area contributed by atoms with Gasteiger partial charge < -0.3 is 14.7 Å². The van der Waals surface area contributed by atoms with E-state index in [1.165, 1.54) is 31.5 Å². The maximum Gasteiger partial charge on any atom is 0.193 e. The van der Waals surface area contributed by atoms with E-state index >= 15 is 0 Å². The summed E-state index contributed by atoms with van der Waals surface area (Å²) in [6, 6.07) is 13.2. The van der Waals surface area contributed by atoms with E-state index < -0.39 is 0 Å². The molecule has 1 N–H and O–H groups in total. The maximum atomic E-state index is 4.96. The number of guanidine groups is 1. The second-order valence-electron chi connectivity index (χ2n) is 8.83. The molecule has 2 fully saturated rings. The van der Waals surface area contributed by atoms with Crippen LogP contribution in [-0.2, 0) is 6.54 Å². The smallest absolute Gasteiger partial charge is 0.193 e. The lowest BCUT2D eigenvalue weighted by molar-refractivity contribution is 0.136. The molecule has 2 saturated heterocycles. The lowest BCUT2D eigenvalue weighted by atomic mass is 9.95. The highest BCUT2D eigenvalue weighted by molar-refractivity contribution is 5.80. The first-order chi connectivity index (χ1) is 15.2. The predicted molar refractivity (Wildman–Crippen MR) is 124 cm³/mol. The lowest BCUT2D eigenvalue weighted by Gasteiger charge is -2.39. The first kappa shape index (κ1) is 21.8. The Hall–Kier alpha value is -2.38. The normalized spacial score (nSPS) is 20.7. The fourth-order valence-electron chi connectivity index (χ4n) is 4.66. The average molecular weight is 425 g/mol. The Morgan fingerprint density at radius 1 is 1.10 bits per heavy atom. The minimum absolute atomic E-state index is 0.374. The average Bonchev–Trinajstić information content (AvgIpc) is 3.32. The van der Waals surface area contributed by atoms with Crippen molar-refractivity contribution in [2.45, 2.75) is 32.4 Å². The van der Waals surface area contributed by atoms with Crippen molar-refractivity contribution in [1.82, 2.24) is 25.2 Å². The number of aromatic nitrogens is 1. The van der Waals surface area contributed by atoms with Gasteiger partial charge in [0.25, 0.3) is 0 Å². The highest BCUT2D eigenvalue weighted by Crippen LogP contribution is 2.26. The molecule has 7 heteroatoms. The number of likely N-dealkylation sites (tertiary alicyclic amines) is 1. The minimum atomic E-state index is 0.374. The topological polar surface area (TPSA) is 60.1 Å². The van der Waals surface area contributed by atoms with Gasteiger partial charge in [0, 0.05) is 52.4 Å². The molecule has 0 aliphatic carbocycles. The van der Waals surface area contributed by atoms with Gasteiger partial charge in [0.05, 0.1) is 11.7 Å². The van der Waals surface area contributed by atoms with Crippen molar-refractivity contribution in [3.8, 4) is 0 Å². The molecule has 0 spiro atoms. The quantitative estimate of drug-likeness (QED) is 0.568. The fourth-order valence-corrected chi connectivity index (χ4v) is 4.66. The van der Waals surface area contributed by atoms with Crippen molar-refractivity contribution in [3.05, 3.63) is 53.9 Å². The molecule has 0 radical (unpaired) electrons. The van der Waals surface area contributed by atoms with Crippen molar-refractivity contribution in [2.24, 2.45) is 10.9 Å². The Labute approximate surface area is 186 Å². The third-order valence-corrected chi connectivity index (χ3v) is 6.66. The summed E-state index contributed by atoms with van der Waals surface area (Å²) in [6.45, 7) is 10.4. The van der Waals surface area contributed by atoms with Crippen LogP contribution in [0.15, 0.2) is 52.2 Å². The van der Waals surface area contributed by atoms with Gasteiger partial charge in [-0.3, -0.25) is 14.8 Å². The molecule has 0 amide bonds. The molecular formula is C24H36N6O. The third-order valence-electron chi connectivity index (χ3n) is 6.66. The summed E-state index contributed by atoms with van der Waals surface area (Å²) in [5, 5.41) is 7.73. The minimum Gasteiger partial charge on any atom is -0.364 e. The Kier molecular flexibility index (Phi) is 7.59. The Balaban J connectivity index is 1.33. The largest absolute Gasteiger partial charge is 0.364 e. The zero-order chi connectivity index (χ0) is 21.5. The molecule has 0 saturated carbocycles. The van der Waals surface area contributed by atoms with Crippen LogP contribution in [0.3, 0.4) is 0 Å². The number of hydrogen-bond acceptors (Lipinski definition) is 5. The molecule has 0 bridgehead atoms. The summed E-state index contributed by atoms with van der Waals surface area (Å²) < 4.78 is 4.96. The Morgan fingerprint density at radius 2 is 1.84 bits per heavy atom. The van der Waals surface area contributed by atoms with E-state index in [1.54, 1.807) is 6.26 Å². The molecule has 2 aromatic rings. The maximum absolute atomic E-state index is 4.96. The first-order valence-corrected chi connectivity index (χ1v) is 11.6. The molecule has 2 aliphatic heterocycles. The lowest BCUT2D eigenvalue weighted by Crippen LogP contribution is -2.53. The molecule has 2 aliphatic rings. The predicted octanol–water partition coefficient (Wildman–Crippen LogP) is 2.84. The van der Waals surface area contributed by atoms with Gasteiger partial charge in [-0.15, -0.1) is 0 Å². The monoisotopic (exact) mass is 424 g/mol. The van der Waals surface area contributed by atoms with Crippen molar-refractivity contribution >= 4 is 5.96 Å². The SMILES string of the molecule is CN=C(NCC(c1ccccc1)N1CCC(C)CC1)N1CCN(Cc2ccon2)CC1. The highest BCUT2D eigenvalue weighted by atomic mass is 16.5. The van der Waals surface area contributed by atoms with Crippen LogP contribution >= 0.6 is 0 Å². The van der Waals surface area contributed by atoms with Gasteiger partial charge in [0.15, 0.2) is 5.96 Å². The number of nitrogens with one attached hydrogen (secondary N) is 1. The first-order valence-electron chi connectivity index (χ1n) is 11.6. The van der Waals surface area contributed by atoms with Gasteiger partial charge in [-0.25, -0.2) is 0 Å². The van der Waals surface area contributed by atoms with Crippen molar-refractivity contribution in [2.75, 3.05) is 52.9 Å². The van der Waals surface area contributed by atoms with Crippen molar-refractivity contribution in [1.29, 1.82) is 0 Å². The van der Waals surface area contributed by atoms with Crippen LogP contribution in [0.4, 0.5) is 0 Å². The van der Waals surface area contributed by atoms with E-state index in [2.05, 4.69) is 67.4 Å². The second kappa shape index (κ2) is 10.8. The molecule has 1 unspecified atom stereocenters. The van der Waals surface area contributed by atoms with Gasteiger partial charge in [-0.2, -0.15) is 0 Å². The summed E-state index contributed by atoms with van der Waals surface area (Å²) in [5.41, 5.74) is 2.38. The standard InChI is InChI=1S/C24H36N6O/c1-20-8-11-29(12-9-20)23(21-6-4-3-5-7-21)18-26-24(25-2)30-15-13-28(14-16-30)19-22-10-17-31-27-22/h3-7,10,17,20,23H,8-9,11-16,18-19H2,1-2H3,(H,25,26). The van der Waals surface area contributed by atoms with Gasteiger partial charge >= 0.3 is 0 Å². The van der Waals surface area contributed by atoms with Gasteiger partial charge in [-0.05, 0) is 37.4 Å². The molecule has 1 aromatic heterocycles. The summed E-state index contributed by atoms with van der Waals surface area (Å²) in [4.78, 5) is 12.0. The highest BCUT2D eigenvalue weighted by Gasteiger charge is 2.26.